The van der Waals surface area contributed by atoms with Gasteiger partial charge in [0.05, 0.1) is 24.4 Å². The SMILES string of the molecule is CC#Cc1oc2c(NC3CCN(CC(O)COC)CC3F)cccc2c1CC. The van der Waals surface area contributed by atoms with Gasteiger partial charge in [-0.1, -0.05) is 25.0 Å². The van der Waals surface area contributed by atoms with Gasteiger partial charge in [-0.15, -0.1) is 0 Å². The number of β-amino-alcohol motifs (C(OH)–C–C–N with tert-alkyl or cyclic N) is 1. The van der Waals surface area contributed by atoms with Gasteiger partial charge in [0.2, 0.25) is 0 Å². The standard InChI is InChI=1S/C22H29FN2O3/c1-4-7-21-16(5-2)17-8-6-9-20(22(17)28-21)24-19-10-11-25(13-18(19)23)12-15(26)14-27-3/h6,8-9,15,18-19,24,26H,5,10-14H2,1-3H3. The highest BCUT2D eigenvalue weighted by Crippen LogP contribution is 2.33. The van der Waals surface area contributed by atoms with Crippen molar-refractivity contribution in [2.75, 3.05) is 38.7 Å². The maximum absolute atomic E-state index is 14.8. The summed E-state index contributed by atoms with van der Waals surface area (Å²) >= 11 is 0. The lowest BCUT2D eigenvalue weighted by atomic mass is 10.0. The van der Waals surface area contributed by atoms with Crippen LogP contribution in [0.2, 0.25) is 0 Å². The molecular weight excluding hydrogens is 359 g/mol. The summed E-state index contributed by atoms with van der Waals surface area (Å²) in [6, 6.07) is 5.62. The number of nitrogens with one attached hydrogen (secondary N) is 1. The Morgan fingerprint density at radius 3 is 2.96 bits per heavy atom. The molecule has 6 heteroatoms. The van der Waals surface area contributed by atoms with Crippen molar-refractivity contribution in [1.82, 2.24) is 4.90 Å². The van der Waals surface area contributed by atoms with Crippen LogP contribution in [0.25, 0.3) is 11.0 Å². The third-order valence-corrected chi connectivity index (χ3v) is 5.20. The fourth-order valence-corrected chi connectivity index (χ4v) is 3.89. The zero-order valence-corrected chi connectivity index (χ0v) is 16.8. The minimum Gasteiger partial charge on any atom is -0.445 e. The number of piperidine rings is 1. The molecular formula is C22H29FN2O3. The first-order chi connectivity index (χ1) is 13.6. The monoisotopic (exact) mass is 388 g/mol. The van der Waals surface area contributed by atoms with Crippen LogP contribution in [0.15, 0.2) is 22.6 Å². The number of ether oxygens (including phenoxy) is 1. The second kappa shape index (κ2) is 9.42. The van der Waals surface area contributed by atoms with Crippen LogP contribution in [-0.4, -0.2) is 61.7 Å². The zero-order chi connectivity index (χ0) is 20.1. The summed E-state index contributed by atoms with van der Waals surface area (Å²) < 4.78 is 25.8. The number of rotatable bonds is 7. The summed E-state index contributed by atoms with van der Waals surface area (Å²) in [5.41, 5.74) is 2.63. The van der Waals surface area contributed by atoms with E-state index in [0.29, 0.717) is 25.3 Å². The van der Waals surface area contributed by atoms with Gasteiger partial charge in [0.1, 0.15) is 6.17 Å². The smallest absolute Gasteiger partial charge is 0.181 e. The van der Waals surface area contributed by atoms with Crippen LogP contribution >= 0.6 is 0 Å². The Kier molecular flexibility index (Phi) is 6.95. The molecule has 3 atom stereocenters. The number of fused-ring (bicyclic) bond motifs is 1. The molecule has 0 radical (unpaired) electrons. The van der Waals surface area contributed by atoms with Crippen molar-refractivity contribution in [3.05, 3.63) is 29.5 Å². The fraction of sp³-hybridized carbons (Fsp3) is 0.545. The summed E-state index contributed by atoms with van der Waals surface area (Å²) in [4.78, 5) is 1.95. The molecule has 152 valence electrons. The predicted molar refractivity (Wildman–Crippen MR) is 109 cm³/mol. The third-order valence-electron chi connectivity index (χ3n) is 5.20. The van der Waals surface area contributed by atoms with Crippen molar-refractivity contribution in [1.29, 1.82) is 0 Å². The number of nitrogens with zero attached hydrogens (tertiary/aromatic N) is 1. The van der Waals surface area contributed by atoms with Gasteiger partial charge < -0.3 is 19.6 Å². The Balaban J connectivity index is 1.73. The number of para-hydroxylation sites is 1. The van der Waals surface area contributed by atoms with Gasteiger partial charge in [0.15, 0.2) is 11.3 Å². The molecule has 28 heavy (non-hydrogen) atoms. The maximum atomic E-state index is 14.8. The minimum absolute atomic E-state index is 0.262. The summed E-state index contributed by atoms with van der Waals surface area (Å²) in [6.45, 7) is 5.57. The molecule has 0 saturated carbocycles. The number of likely N-dealkylation sites (tertiary alicyclic amines) is 1. The Labute approximate surface area is 165 Å². The molecule has 2 aromatic rings. The van der Waals surface area contributed by atoms with Crippen molar-refractivity contribution in [2.45, 2.75) is 45.0 Å². The molecule has 1 aliphatic heterocycles. The number of aliphatic hydroxyl groups excluding tert-OH is 1. The first-order valence-corrected chi connectivity index (χ1v) is 9.84. The van der Waals surface area contributed by atoms with Crippen LogP contribution in [0.4, 0.5) is 10.1 Å². The van der Waals surface area contributed by atoms with Gasteiger partial charge in [0.25, 0.3) is 0 Å². The van der Waals surface area contributed by atoms with E-state index in [1.165, 1.54) is 0 Å². The largest absolute Gasteiger partial charge is 0.445 e. The van der Waals surface area contributed by atoms with Crippen LogP contribution in [0.3, 0.4) is 0 Å². The number of aryl methyl sites for hydroxylation is 1. The molecule has 1 aromatic carbocycles. The van der Waals surface area contributed by atoms with Gasteiger partial charge >= 0.3 is 0 Å². The number of benzene rings is 1. The minimum atomic E-state index is -1.03. The van der Waals surface area contributed by atoms with E-state index in [1.54, 1.807) is 14.0 Å². The number of anilines is 1. The summed E-state index contributed by atoms with van der Waals surface area (Å²) in [5, 5.41) is 14.3. The third kappa shape index (κ3) is 4.49. The lowest BCUT2D eigenvalue weighted by Crippen LogP contribution is -2.50. The van der Waals surface area contributed by atoms with Crippen LogP contribution in [0.5, 0.6) is 0 Å². The lowest BCUT2D eigenvalue weighted by Gasteiger charge is -2.36. The van der Waals surface area contributed by atoms with E-state index in [0.717, 1.165) is 35.2 Å². The average molecular weight is 388 g/mol. The number of halogens is 1. The summed E-state index contributed by atoms with van der Waals surface area (Å²) in [5.74, 6) is 6.62. The molecule has 2 N–H and O–H groups in total. The number of methoxy groups -OCH3 is 1. The highest BCUT2D eigenvalue weighted by Gasteiger charge is 2.30. The predicted octanol–water partition coefficient (Wildman–Crippen LogP) is 3.20. The quantitative estimate of drug-likeness (QED) is 0.714. The number of hydrogen-bond acceptors (Lipinski definition) is 5. The number of aliphatic hydroxyl groups is 1. The molecule has 0 aliphatic carbocycles. The Hall–Kier alpha value is -2.07. The second-order valence-corrected chi connectivity index (χ2v) is 7.24. The average Bonchev–Trinajstić information content (AvgIpc) is 3.02. The number of furan rings is 1. The van der Waals surface area contributed by atoms with E-state index >= 15 is 0 Å². The normalized spacial score (nSPS) is 21.3. The van der Waals surface area contributed by atoms with Crippen LogP contribution in [-0.2, 0) is 11.2 Å². The fourth-order valence-electron chi connectivity index (χ4n) is 3.89. The van der Waals surface area contributed by atoms with Gasteiger partial charge in [-0.25, -0.2) is 4.39 Å². The molecule has 1 saturated heterocycles. The Morgan fingerprint density at radius 2 is 2.29 bits per heavy atom. The topological polar surface area (TPSA) is 57.9 Å². The summed E-state index contributed by atoms with van der Waals surface area (Å²) in [7, 11) is 1.55. The molecule has 1 aromatic heterocycles. The molecule has 0 amide bonds. The molecule has 3 rings (SSSR count). The van der Waals surface area contributed by atoms with E-state index in [1.807, 2.05) is 23.1 Å². The molecule has 0 spiro atoms. The lowest BCUT2D eigenvalue weighted by molar-refractivity contribution is 0.0215. The molecule has 3 unspecified atom stereocenters. The van der Waals surface area contributed by atoms with Crippen LogP contribution in [0, 0.1) is 11.8 Å². The van der Waals surface area contributed by atoms with Crippen LogP contribution in [0.1, 0.15) is 31.6 Å². The number of alkyl halides is 1. The van der Waals surface area contributed by atoms with Crippen LogP contribution < -0.4 is 5.32 Å². The van der Waals surface area contributed by atoms with E-state index in [4.69, 9.17) is 9.15 Å². The van der Waals surface area contributed by atoms with E-state index in [9.17, 15) is 9.50 Å². The molecule has 5 nitrogen and oxygen atoms in total. The zero-order valence-electron chi connectivity index (χ0n) is 16.8. The van der Waals surface area contributed by atoms with Gasteiger partial charge in [-0.3, -0.25) is 4.90 Å². The van der Waals surface area contributed by atoms with E-state index in [2.05, 4.69) is 24.1 Å². The number of hydrogen-bond donors (Lipinski definition) is 2. The molecule has 2 heterocycles. The van der Waals surface area contributed by atoms with Crippen molar-refractivity contribution in [3.63, 3.8) is 0 Å². The van der Waals surface area contributed by atoms with E-state index < -0.39 is 12.3 Å². The van der Waals surface area contributed by atoms with Crippen molar-refractivity contribution >= 4 is 16.7 Å². The highest BCUT2D eigenvalue weighted by atomic mass is 19.1. The van der Waals surface area contributed by atoms with Crippen molar-refractivity contribution in [3.8, 4) is 11.8 Å². The maximum Gasteiger partial charge on any atom is 0.181 e. The van der Waals surface area contributed by atoms with Crippen molar-refractivity contribution < 1.29 is 18.7 Å². The molecule has 0 bridgehead atoms. The van der Waals surface area contributed by atoms with Gasteiger partial charge in [-0.2, -0.15) is 0 Å². The van der Waals surface area contributed by atoms with Gasteiger partial charge in [0, 0.05) is 37.7 Å². The Morgan fingerprint density at radius 1 is 1.46 bits per heavy atom. The molecule has 1 aliphatic rings. The molecule has 1 fully saturated rings. The van der Waals surface area contributed by atoms with Gasteiger partial charge in [-0.05, 0) is 31.8 Å². The summed E-state index contributed by atoms with van der Waals surface area (Å²) in [6.07, 6.45) is -0.146. The second-order valence-electron chi connectivity index (χ2n) is 7.24. The van der Waals surface area contributed by atoms with Crippen molar-refractivity contribution in [2.24, 2.45) is 0 Å². The first kappa shape index (κ1) is 20.7. The van der Waals surface area contributed by atoms with E-state index in [-0.39, 0.29) is 12.6 Å². The highest BCUT2D eigenvalue weighted by molar-refractivity contribution is 5.93. The first-order valence-electron chi connectivity index (χ1n) is 9.84. The Bertz CT molecular complexity index is 855.